The van der Waals surface area contributed by atoms with Gasteiger partial charge in [-0.1, -0.05) is 6.92 Å². The minimum atomic E-state index is -0.549. The lowest BCUT2D eigenvalue weighted by Crippen LogP contribution is -2.44. The number of carbonyl (C=O) groups excluding carboxylic acids is 2. The molecule has 1 atom stereocenters. The zero-order valence-electron chi connectivity index (χ0n) is 11.5. The number of morpholine rings is 1. The molecule has 6 heteroatoms. The molecule has 0 bridgehead atoms. The fourth-order valence-corrected chi connectivity index (χ4v) is 1.61. The van der Waals surface area contributed by atoms with Gasteiger partial charge in [-0.3, -0.25) is 4.90 Å². The summed E-state index contributed by atoms with van der Waals surface area (Å²) in [6.45, 7) is 6.79. The lowest BCUT2D eigenvalue weighted by Gasteiger charge is -2.31. The smallest absolute Gasteiger partial charge is 0.332 e. The molecule has 0 radical (unpaired) electrons. The molecule has 0 aromatic heterocycles. The van der Waals surface area contributed by atoms with Crippen LogP contribution in [-0.4, -0.2) is 56.0 Å². The molecule has 1 rings (SSSR count). The van der Waals surface area contributed by atoms with Gasteiger partial charge in [0.15, 0.2) is 6.23 Å². The molecular weight excluding hydrogens is 250 g/mol. The van der Waals surface area contributed by atoms with Crippen molar-refractivity contribution in [1.29, 1.82) is 0 Å². The van der Waals surface area contributed by atoms with Gasteiger partial charge in [-0.2, -0.15) is 0 Å². The summed E-state index contributed by atoms with van der Waals surface area (Å²) in [7, 11) is 0. The Bertz CT molecular complexity index is 323. The zero-order chi connectivity index (χ0) is 14.1. The monoisotopic (exact) mass is 271 g/mol. The number of esters is 2. The summed E-state index contributed by atoms with van der Waals surface area (Å²) >= 11 is 0. The standard InChI is InChI=1S/C13H21NO5/c1-3-8-18-12(15)4-5-13(16)19-11(2)14-6-9-17-10-7-14/h4-5,11H,3,6-10H2,1-2H3/b5-4+. The van der Waals surface area contributed by atoms with Gasteiger partial charge in [-0.15, -0.1) is 0 Å². The van der Waals surface area contributed by atoms with Crippen molar-refractivity contribution in [2.45, 2.75) is 26.5 Å². The molecule has 1 saturated heterocycles. The Labute approximate surface area is 113 Å². The highest BCUT2D eigenvalue weighted by Crippen LogP contribution is 2.05. The summed E-state index contributed by atoms with van der Waals surface area (Å²) in [5.41, 5.74) is 0. The topological polar surface area (TPSA) is 65.1 Å². The van der Waals surface area contributed by atoms with Gasteiger partial charge in [0, 0.05) is 25.2 Å². The Balaban J connectivity index is 2.29. The van der Waals surface area contributed by atoms with E-state index in [4.69, 9.17) is 14.2 Å². The van der Waals surface area contributed by atoms with Crippen molar-refractivity contribution in [2.75, 3.05) is 32.9 Å². The van der Waals surface area contributed by atoms with Crippen molar-refractivity contribution >= 4 is 11.9 Å². The predicted molar refractivity (Wildman–Crippen MR) is 68.3 cm³/mol. The van der Waals surface area contributed by atoms with Gasteiger partial charge in [0.2, 0.25) is 0 Å². The molecule has 0 N–H and O–H groups in total. The summed E-state index contributed by atoms with van der Waals surface area (Å²) in [6, 6.07) is 0. The number of ether oxygens (including phenoxy) is 3. The van der Waals surface area contributed by atoms with Crippen LogP contribution in [-0.2, 0) is 23.8 Å². The van der Waals surface area contributed by atoms with Crippen LogP contribution in [0.4, 0.5) is 0 Å². The Morgan fingerprint density at radius 1 is 1.26 bits per heavy atom. The predicted octanol–water partition coefficient (Wildman–Crippen LogP) is 0.717. The van der Waals surface area contributed by atoms with Gasteiger partial charge in [-0.25, -0.2) is 9.59 Å². The third-order valence-corrected chi connectivity index (χ3v) is 2.65. The largest absolute Gasteiger partial charge is 0.463 e. The fraction of sp³-hybridized carbons (Fsp3) is 0.692. The van der Waals surface area contributed by atoms with Gasteiger partial charge < -0.3 is 14.2 Å². The number of nitrogens with zero attached hydrogens (tertiary/aromatic N) is 1. The quantitative estimate of drug-likeness (QED) is 0.524. The van der Waals surface area contributed by atoms with Crippen LogP contribution in [0.15, 0.2) is 12.2 Å². The Morgan fingerprint density at radius 2 is 1.89 bits per heavy atom. The summed E-state index contributed by atoms with van der Waals surface area (Å²) in [5, 5.41) is 0. The second-order valence-corrected chi connectivity index (χ2v) is 4.19. The maximum absolute atomic E-state index is 11.5. The highest BCUT2D eigenvalue weighted by molar-refractivity contribution is 5.91. The first-order valence-electron chi connectivity index (χ1n) is 6.50. The van der Waals surface area contributed by atoms with Crippen molar-refractivity contribution < 1.29 is 23.8 Å². The van der Waals surface area contributed by atoms with Crippen LogP contribution in [0, 0.1) is 0 Å². The number of hydrogen-bond acceptors (Lipinski definition) is 6. The van der Waals surface area contributed by atoms with Gasteiger partial charge >= 0.3 is 11.9 Å². The molecule has 1 unspecified atom stereocenters. The number of carbonyl (C=O) groups is 2. The van der Waals surface area contributed by atoms with Crippen molar-refractivity contribution in [1.82, 2.24) is 4.90 Å². The zero-order valence-corrected chi connectivity index (χ0v) is 11.5. The molecule has 19 heavy (non-hydrogen) atoms. The first-order valence-corrected chi connectivity index (χ1v) is 6.50. The fourth-order valence-electron chi connectivity index (χ4n) is 1.61. The van der Waals surface area contributed by atoms with E-state index in [1.807, 2.05) is 11.8 Å². The van der Waals surface area contributed by atoms with Crippen LogP contribution in [0.3, 0.4) is 0 Å². The maximum Gasteiger partial charge on any atom is 0.332 e. The average molecular weight is 271 g/mol. The summed E-state index contributed by atoms with van der Waals surface area (Å²) in [4.78, 5) is 24.7. The summed E-state index contributed by atoms with van der Waals surface area (Å²) in [5.74, 6) is -1.08. The van der Waals surface area contributed by atoms with Crippen LogP contribution in [0.1, 0.15) is 20.3 Å². The molecule has 1 aliphatic rings. The summed E-state index contributed by atoms with van der Waals surface area (Å²) in [6.07, 6.45) is 2.60. The van der Waals surface area contributed by atoms with E-state index in [0.29, 0.717) is 19.8 Å². The van der Waals surface area contributed by atoms with Crippen molar-refractivity contribution in [2.24, 2.45) is 0 Å². The van der Waals surface area contributed by atoms with E-state index < -0.39 is 11.9 Å². The third-order valence-electron chi connectivity index (χ3n) is 2.65. The molecule has 0 amide bonds. The molecule has 0 spiro atoms. The number of rotatable bonds is 6. The molecule has 1 heterocycles. The molecule has 1 aliphatic heterocycles. The van der Waals surface area contributed by atoms with Crippen LogP contribution in [0.25, 0.3) is 0 Å². The lowest BCUT2D eigenvalue weighted by atomic mass is 10.4. The molecular formula is C13H21NO5. The Kier molecular flexibility index (Phi) is 7.14. The Hall–Kier alpha value is -1.40. The van der Waals surface area contributed by atoms with Crippen LogP contribution in [0.2, 0.25) is 0 Å². The average Bonchev–Trinajstić information content (AvgIpc) is 2.43. The second-order valence-electron chi connectivity index (χ2n) is 4.19. The Morgan fingerprint density at radius 3 is 2.53 bits per heavy atom. The van der Waals surface area contributed by atoms with Gasteiger partial charge in [-0.05, 0) is 13.3 Å². The van der Waals surface area contributed by atoms with E-state index in [2.05, 4.69) is 0 Å². The van der Waals surface area contributed by atoms with E-state index in [-0.39, 0.29) is 6.23 Å². The second kappa shape index (κ2) is 8.66. The van der Waals surface area contributed by atoms with E-state index in [0.717, 1.165) is 31.7 Å². The third kappa shape index (κ3) is 6.35. The van der Waals surface area contributed by atoms with Gasteiger partial charge in [0.25, 0.3) is 0 Å². The highest BCUT2D eigenvalue weighted by atomic mass is 16.6. The van der Waals surface area contributed by atoms with E-state index in [9.17, 15) is 9.59 Å². The maximum atomic E-state index is 11.5. The summed E-state index contributed by atoms with van der Waals surface area (Å²) < 4.78 is 15.2. The van der Waals surface area contributed by atoms with E-state index in [1.165, 1.54) is 0 Å². The van der Waals surface area contributed by atoms with E-state index >= 15 is 0 Å². The first kappa shape index (κ1) is 15.7. The molecule has 6 nitrogen and oxygen atoms in total. The number of hydrogen-bond donors (Lipinski definition) is 0. The van der Waals surface area contributed by atoms with Crippen molar-refractivity contribution in [3.8, 4) is 0 Å². The minimum absolute atomic E-state index is 0.326. The van der Waals surface area contributed by atoms with Gasteiger partial charge in [0.1, 0.15) is 0 Å². The molecule has 0 aromatic rings. The molecule has 108 valence electrons. The molecule has 0 saturated carbocycles. The normalized spacial score (nSPS) is 18.2. The molecule has 0 aromatic carbocycles. The molecule has 1 fully saturated rings. The first-order chi connectivity index (χ1) is 9.13. The van der Waals surface area contributed by atoms with E-state index in [1.54, 1.807) is 6.92 Å². The van der Waals surface area contributed by atoms with Crippen LogP contribution < -0.4 is 0 Å². The highest BCUT2D eigenvalue weighted by Gasteiger charge is 2.19. The SMILES string of the molecule is CCCOC(=O)/C=C/C(=O)OC(C)N1CCOCC1. The van der Waals surface area contributed by atoms with Crippen LogP contribution >= 0.6 is 0 Å². The molecule has 0 aliphatic carbocycles. The van der Waals surface area contributed by atoms with Crippen molar-refractivity contribution in [3.63, 3.8) is 0 Å². The van der Waals surface area contributed by atoms with Crippen molar-refractivity contribution in [3.05, 3.63) is 12.2 Å². The van der Waals surface area contributed by atoms with Gasteiger partial charge in [0.05, 0.1) is 19.8 Å². The minimum Gasteiger partial charge on any atom is -0.463 e. The van der Waals surface area contributed by atoms with Crippen LogP contribution in [0.5, 0.6) is 0 Å². The lowest BCUT2D eigenvalue weighted by molar-refractivity contribution is -0.155.